The van der Waals surface area contributed by atoms with Crippen molar-refractivity contribution in [1.82, 2.24) is 15.1 Å². The Kier molecular flexibility index (Phi) is 8.80. The van der Waals surface area contributed by atoms with Crippen molar-refractivity contribution in [1.29, 1.82) is 0 Å². The molecule has 6 heteroatoms. The highest BCUT2D eigenvalue weighted by Crippen LogP contribution is 2.23. The van der Waals surface area contributed by atoms with Gasteiger partial charge in [0.2, 0.25) is 5.91 Å². The third-order valence-electron chi connectivity index (χ3n) is 7.16. The van der Waals surface area contributed by atoms with Crippen LogP contribution in [0, 0.1) is 17.8 Å². The number of carbonyl (C=O) groups excluding carboxylic acids is 2. The Bertz CT molecular complexity index is 945. The van der Waals surface area contributed by atoms with Crippen LogP contribution in [0.3, 0.4) is 0 Å². The van der Waals surface area contributed by atoms with Crippen LogP contribution < -0.4 is 10.1 Å². The number of carbonyl (C=O) groups is 2. The molecule has 2 aromatic rings. The maximum Gasteiger partial charge on any atom is 0.260 e. The second-order valence-electron chi connectivity index (χ2n) is 10.4. The summed E-state index contributed by atoms with van der Waals surface area (Å²) in [5.41, 5.74) is 2.45. The zero-order valence-corrected chi connectivity index (χ0v) is 21.1. The van der Waals surface area contributed by atoms with Gasteiger partial charge in [-0.15, -0.1) is 0 Å². The van der Waals surface area contributed by atoms with Crippen molar-refractivity contribution in [2.45, 2.75) is 46.2 Å². The number of para-hydroxylation sites is 1. The van der Waals surface area contributed by atoms with E-state index in [1.54, 1.807) is 4.90 Å². The molecule has 2 heterocycles. The summed E-state index contributed by atoms with van der Waals surface area (Å²) < 4.78 is 5.57. The summed E-state index contributed by atoms with van der Waals surface area (Å²) in [5.74, 6) is 2.23. The van der Waals surface area contributed by atoms with Gasteiger partial charge in [0.1, 0.15) is 5.75 Å². The van der Waals surface area contributed by atoms with Crippen LogP contribution in [0.1, 0.15) is 44.2 Å². The molecule has 2 aromatic carbocycles. The SMILES string of the molecule is CC1CC(C)CN(Cc2ccc(CNC(=O)C3CCN(C(=O)COc4ccccc4)CC3)cc2)C1. The van der Waals surface area contributed by atoms with E-state index in [1.165, 1.54) is 25.1 Å². The van der Waals surface area contributed by atoms with Gasteiger partial charge in [0.05, 0.1) is 0 Å². The van der Waals surface area contributed by atoms with E-state index in [1.807, 2.05) is 30.3 Å². The molecule has 2 saturated heterocycles. The largest absolute Gasteiger partial charge is 0.484 e. The van der Waals surface area contributed by atoms with Gasteiger partial charge in [-0.25, -0.2) is 0 Å². The van der Waals surface area contributed by atoms with Gasteiger partial charge in [-0.1, -0.05) is 56.3 Å². The van der Waals surface area contributed by atoms with E-state index < -0.39 is 0 Å². The highest BCUT2D eigenvalue weighted by molar-refractivity contribution is 5.80. The lowest BCUT2D eigenvalue weighted by atomic mass is 9.91. The van der Waals surface area contributed by atoms with E-state index in [0.29, 0.717) is 38.2 Å². The molecule has 4 rings (SSSR count). The van der Waals surface area contributed by atoms with Gasteiger partial charge < -0.3 is 15.0 Å². The number of ether oxygens (including phenoxy) is 1. The number of benzene rings is 2. The number of amides is 2. The van der Waals surface area contributed by atoms with Crippen LogP contribution in [-0.4, -0.2) is 54.4 Å². The number of hydrogen-bond acceptors (Lipinski definition) is 4. The molecule has 2 amide bonds. The number of rotatable bonds is 8. The molecule has 0 aliphatic carbocycles. The first-order valence-corrected chi connectivity index (χ1v) is 13.0. The molecular weight excluding hydrogens is 438 g/mol. The molecule has 0 bridgehead atoms. The van der Waals surface area contributed by atoms with Crippen LogP contribution in [-0.2, 0) is 22.7 Å². The molecule has 2 aliphatic rings. The molecule has 1 N–H and O–H groups in total. The maximum absolute atomic E-state index is 12.7. The molecule has 2 aliphatic heterocycles. The predicted octanol–water partition coefficient (Wildman–Crippen LogP) is 4.10. The first kappa shape index (κ1) is 25.2. The number of hydrogen-bond donors (Lipinski definition) is 1. The normalized spacial score (nSPS) is 21.5. The van der Waals surface area contributed by atoms with E-state index in [9.17, 15) is 9.59 Å². The molecule has 0 radical (unpaired) electrons. The maximum atomic E-state index is 12.7. The summed E-state index contributed by atoms with van der Waals surface area (Å²) in [4.78, 5) is 29.5. The zero-order valence-electron chi connectivity index (χ0n) is 21.1. The summed E-state index contributed by atoms with van der Waals surface area (Å²) in [6.07, 6.45) is 2.70. The van der Waals surface area contributed by atoms with Crippen molar-refractivity contribution < 1.29 is 14.3 Å². The minimum absolute atomic E-state index is 0.0266. The van der Waals surface area contributed by atoms with Crippen LogP contribution in [0.5, 0.6) is 5.75 Å². The minimum Gasteiger partial charge on any atom is -0.484 e. The van der Waals surface area contributed by atoms with Crippen molar-refractivity contribution in [3.8, 4) is 5.75 Å². The minimum atomic E-state index is -0.0450. The Morgan fingerprint density at radius 1 is 0.914 bits per heavy atom. The van der Waals surface area contributed by atoms with Crippen LogP contribution in [0.25, 0.3) is 0 Å². The van der Waals surface area contributed by atoms with Gasteiger partial charge in [-0.3, -0.25) is 14.5 Å². The lowest BCUT2D eigenvalue weighted by Gasteiger charge is -2.35. The summed E-state index contributed by atoms with van der Waals surface area (Å²) in [6, 6.07) is 18.0. The Morgan fingerprint density at radius 3 is 2.20 bits per heavy atom. The Labute approximate surface area is 209 Å². The highest BCUT2D eigenvalue weighted by Gasteiger charge is 2.27. The molecule has 0 spiro atoms. The standard InChI is InChI=1S/C29H39N3O3/c1-22-16-23(2)19-31(18-22)20-25-10-8-24(9-11-25)17-30-29(34)26-12-14-32(15-13-26)28(33)21-35-27-6-4-3-5-7-27/h3-11,22-23,26H,12-21H2,1-2H3,(H,30,34). The highest BCUT2D eigenvalue weighted by atomic mass is 16.5. The van der Waals surface area contributed by atoms with Crippen LogP contribution in [0.15, 0.2) is 54.6 Å². The van der Waals surface area contributed by atoms with E-state index in [0.717, 1.165) is 23.9 Å². The molecule has 6 nitrogen and oxygen atoms in total. The van der Waals surface area contributed by atoms with E-state index >= 15 is 0 Å². The van der Waals surface area contributed by atoms with Crippen molar-refractivity contribution in [2.24, 2.45) is 17.8 Å². The Balaban J connectivity index is 1.16. The van der Waals surface area contributed by atoms with Crippen LogP contribution >= 0.6 is 0 Å². The number of piperidine rings is 2. The molecular formula is C29H39N3O3. The predicted molar refractivity (Wildman–Crippen MR) is 138 cm³/mol. The number of nitrogens with one attached hydrogen (secondary N) is 1. The second kappa shape index (κ2) is 12.2. The summed E-state index contributed by atoms with van der Waals surface area (Å²) >= 11 is 0. The summed E-state index contributed by atoms with van der Waals surface area (Å²) in [5, 5.41) is 3.09. The summed E-state index contributed by atoms with van der Waals surface area (Å²) in [7, 11) is 0. The van der Waals surface area contributed by atoms with E-state index in [2.05, 4.69) is 48.3 Å². The van der Waals surface area contributed by atoms with Crippen molar-refractivity contribution in [2.75, 3.05) is 32.8 Å². The third-order valence-corrected chi connectivity index (χ3v) is 7.16. The quantitative estimate of drug-likeness (QED) is 0.622. The monoisotopic (exact) mass is 477 g/mol. The Hall–Kier alpha value is -2.86. The van der Waals surface area contributed by atoms with Gasteiger partial charge in [-0.05, 0) is 54.4 Å². The molecule has 188 valence electrons. The van der Waals surface area contributed by atoms with Gasteiger partial charge in [0.25, 0.3) is 5.91 Å². The number of likely N-dealkylation sites (tertiary alicyclic amines) is 2. The molecule has 2 unspecified atom stereocenters. The average Bonchev–Trinajstić information content (AvgIpc) is 2.87. The lowest BCUT2D eigenvalue weighted by molar-refractivity contribution is -0.137. The second-order valence-corrected chi connectivity index (χ2v) is 10.4. The summed E-state index contributed by atoms with van der Waals surface area (Å²) in [6.45, 7) is 9.80. The van der Waals surface area contributed by atoms with E-state index in [4.69, 9.17) is 4.74 Å². The van der Waals surface area contributed by atoms with E-state index in [-0.39, 0.29) is 24.3 Å². The molecule has 0 saturated carbocycles. The molecule has 2 fully saturated rings. The average molecular weight is 478 g/mol. The fraction of sp³-hybridized carbons (Fsp3) is 0.517. The van der Waals surface area contributed by atoms with Gasteiger partial charge in [0.15, 0.2) is 6.61 Å². The fourth-order valence-corrected chi connectivity index (χ4v) is 5.42. The first-order valence-electron chi connectivity index (χ1n) is 13.0. The first-order chi connectivity index (χ1) is 17.0. The third kappa shape index (κ3) is 7.56. The zero-order chi connectivity index (χ0) is 24.6. The van der Waals surface area contributed by atoms with Crippen molar-refractivity contribution in [3.63, 3.8) is 0 Å². The van der Waals surface area contributed by atoms with Crippen molar-refractivity contribution >= 4 is 11.8 Å². The number of nitrogens with zero attached hydrogens (tertiary/aromatic N) is 2. The molecule has 2 atom stereocenters. The Morgan fingerprint density at radius 2 is 1.54 bits per heavy atom. The van der Waals surface area contributed by atoms with Crippen molar-refractivity contribution in [3.05, 3.63) is 65.7 Å². The molecule has 35 heavy (non-hydrogen) atoms. The topological polar surface area (TPSA) is 61.9 Å². The fourth-order valence-electron chi connectivity index (χ4n) is 5.42. The van der Waals surface area contributed by atoms with Crippen LogP contribution in [0.2, 0.25) is 0 Å². The van der Waals surface area contributed by atoms with Gasteiger partial charge in [-0.2, -0.15) is 0 Å². The lowest BCUT2D eigenvalue weighted by Crippen LogP contribution is -2.44. The smallest absolute Gasteiger partial charge is 0.260 e. The van der Waals surface area contributed by atoms with Crippen LogP contribution in [0.4, 0.5) is 0 Å². The van der Waals surface area contributed by atoms with Gasteiger partial charge >= 0.3 is 0 Å². The molecule has 0 aromatic heterocycles. The van der Waals surface area contributed by atoms with Gasteiger partial charge in [0, 0.05) is 45.2 Å².